The van der Waals surface area contributed by atoms with Gasteiger partial charge in [0, 0.05) is 41.2 Å². The van der Waals surface area contributed by atoms with Gasteiger partial charge in [0.1, 0.15) is 5.60 Å². The van der Waals surface area contributed by atoms with Crippen molar-refractivity contribution in [3.63, 3.8) is 0 Å². The van der Waals surface area contributed by atoms with Crippen molar-refractivity contribution in [2.45, 2.75) is 56.0 Å². The normalized spacial score (nSPS) is 24.0. The summed E-state index contributed by atoms with van der Waals surface area (Å²) in [4.78, 5) is 16.6. The first-order valence-corrected chi connectivity index (χ1v) is 11.8. The predicted octanol–water partition coefficient (Wildman–Crippen LogP) is 6.02. The zero-order chi connectivity index (χ0) is 21.2. The van der Waals surface area contributed by atoms with Crippen molar-refractivity contribution < 1.29 is 9.53 Å². The molecule has 1 fully saturated rings. The number of hydrogen-bond donors (Lipinski definition) is 0. The third-order valence-corrected chi connectivity index (χ3v) is 6.72. The van der Waals surface area contributed by atoms with Crippen LogP contribution in [0.15, 0.2) is 29.8 Å². The van der Waals surface area contributed by atoms with Gasteiger partial charge in [0.25, 0.3) is 0 Å². The first kappa shape index (κ1) is 22.9. The molecule has 6 heteroatoms. The van der Waals surface area contributed by atoms with Gasteiger partial charge in [0.15, 0.2) is 0 Å². The van der Waals surface area contributed by atoms with Crippen LogP contribution in [0.25, 0.3) is 5.57 Å². The molecule has 160 valence electrons. The average Bonchev–Trinajstić information content (AvgIpc) is 2.63. The van der Waals surface area contributed by atoms with E-state index in [1.807, 2.05) is 37.8 Å². The monoisotopic (exact) mass is 530 g/mol. The number of piperazine rings is 1. The Morgan fingerprint density at radius 3 is 2.38 bits per heavy atom. The molecule has 1 unspecified atom stereocenters. The lowest BCUT2D eigenvalue weighted by molar-refractivity contribution is 0.0152. The number of rotatable bonds is 3. The number of hydrogen-bond acceptors (Lipinski definition) is 3. The minimum absolute atomic E-state index is 0.198. The molecule has 1 atom stereocenters. The van der Waals surface area contributed by atoms with E-state index in [1.54, 1.807) is 0 Å². The second kappa shape index (κ2) is 9.15. The van der Waals surface area contributed by atoms with Gasteiger partial charge in [0.05, 0.1) is 0 Å². The van der Waals surface area contributed by atoms with Gasteiger partial charge in [0.2, 0.25) is 0 Å². The van der Waals surface area contributed by atoms with Gasteiger partial charge in [-0.2, -0.15) is 0 Å². The molecule has 3 rings (SSSR count). The van der Waals surface area contributed by atoms with Crippen molar-refractivity contribution in [2.24, 2.45) is 0 Å². The van der Waals surface area contributed by atoms with Crippen LogP contribution in [-0.4, -0.2) is 57.6 Å². The third-order valence-electron chi connectivity index (χ3n) is 5.55. The summed E-state index contributed by atoms with van der Waals surface area (Å²) in [5.41, 5.74) is 3.85. The maximum absolute atomic E-state index is 12.3. The summed E-state index contributed by atoms with van der Waals surface area (Å²) in [5, 5.41) is 0.780. The van der Waals surface area contributed by atoms with Gasteiger partial charge in [-0.3, -0.25) is 4.90 Å². The molecule has 2 aliphatic rings. The average molecular weight is 531 g/mol. The lowest BCUT2D eigenvalue weighted by Crippen LogP contribution is -2.50. The van der Waals surface area contributed by atoms with Crippen LogP contribution in [0.2, 0.25) is 5.02 Å². The van der Waals surface area contributed by atoms with Gasteiger partial charge >= 0.3 is 6.09 Å². The molecule has 0 N–H and O–H groups in total. The van der Waals surface area contributed by atoms with Gasteiger partial charge in [-0.1, -0.05) is 58.8 Å². The Kier molecular flexibility index (Phi) is 7.22. The highest BCUT2D eigenvalue weighted by molar-refractivity contribution is 14.1. The Morgan fingerprint density at radius 2 is 1.79 bits per heavy atom. The molecular weight excluding hydrogens is 499 g/mol. The molecule has 1 aliphatic carbocycles. The van der Waals surface area contributed by atoms with Crippen LogP contribution in [0.4, 0.5) is 4.79 Å². The number of ether oxygens (including phenoxy) is 1. The third kappa shape index (κ3) is 6.59. The fraction of sp³-hybridized carbons (Fsp3) is 0.609. The minimum Gasteiger partial charge on any atom is -0.444 e. The second-order valence-electron chi connectivity index (χ2n) is 9.42. The lowest BCUT2D eigenvalue weighted by Gasteiger charge is -2.38. The quantitative estimate of drug-likeness (QED) is 0.354. The summed E-state index contributed by atoms with van der Waals surface area (Å²) in [6.07, 6.45) is 3.22. The molecule has 0 aromatic heterocycles. The largest absolute Gasteiger partial charge is 0.444 e. The fourth-order valence-electron chi connectivity index (χ4n) is 3.96. The zero-order valence-corrected chi connectivity index (χ0v) is 20.8. The van der Waals surface area contributed by atoms with Crippen molar-refractivity contribution in [3.8, 4) is 0 Å². The minimum atomic E-state index is -0.444. The predicted molar refractivity (Wildman–Crippen MR) is 129 cm³/mol. The number of alkyl halides is 1. The van der Waals surface area contributed by atoms with Gasteiger partial charge in [-0.15, -0.1) is 0 Å². The molecule has 1 saturated heterocycles. The van der Waals surface area contributed by atoms with E-state index in [9.17, 15) is 4.79 Å². The molecule has 1 aliphatic heterocycles. The summed E-state index contributed by atoms with van der Waals surface area (Å²) in [5.74, 6) is 0. The van der Waals surface area contributed by atoms with Gasteiger partial charge in [-0.05, 0) is 63.3 Å². The topological polar surface area (TPSA) is 32.8 Å². The van der Waals surface area contributed by atoms with E-state index in [0.29, 0.717) is 3.42 Å². The van der Waals surface area contributed by atoms with E-state index >= 15 is 0 Å². The molecule has 0 radical (unpaired) electrons. The van der Waals surface area contributed by atoms with E-state index in [4.69, 9.17) is 16.3 Å². The Balaban J connectivity index is 1.68. The number of benzene rings is 1. The Labute approximate surface area is 193 Å². The molecule has 4 nitrogen and oxygen atoms in total. The van der Waals surface area contributed by atoms with Crippen molar-refractivity contribution in [2.75, 3.05) is 32.7 Å². The molecule has 1 aromatic rings. The lowest BCUT2D eigenvalue weighted by atomic mass is 9.81. The van der Waals surface area contributed by atoms with Crippen molar-refractivity contribution in [3.05, 3.63) is 40.4 Å². The van der Waals surface area contributed by atoms with Crippen LogP contribution in [0, 0.1) is 0 Å². The molecule has 0 spiro atoms. The van der Waals surface area contributed by atoms with E-state index in [1.165, 1.54) is 23.1 Å². The molecule has 0 saturated carbocycles. The van der Waals surface area contributed by atoms with E-state index < -0.39 is 5.60 Å². The number of allylic oxidation sites excluding steroid dienone is 1. The SMILES string of the molecule is CC1(I)CCC(CN2CCN(C(=O)OC(C)(C)C)CC2)=C(c2ccc(Cl)cc2)C1. The van der Waals surface area contributed by atoms with Gasteiger partial charge < -0.3 is 9.64 Å². The van der Waals surface area contributed by atoms with Crippen molar-refractivity contribution in [1.82, 2.24) is 9.80 Å². The first-order chi connectivity index (χ1) is 13.5. The summed E-state index contributed by atoms with van der Waals surface area (Å²) >= 11 is 8.72. The second-order valence-corrected chi connectivity index (χ2v) is 12.5. The Bertz CT molecular complexity index is 760. The molecular formula is C23H32ClIN2O2. The zero-order valence-electron chi connectivity index (χ0n) is 17.9. The molecule has 1 aromatic carbocycles. The van der Waals surface area contributed by atoms with Crippen LogP contribution < -0.4 is 0 Å². The Morgan fingerprint density at radius 1 is 1.17 bits per heavy atom. The highest BCUT2D eigenvalue weighted by Gasteiger charge is 2.31. The van der Waals surface area contributed by atoms with Crippen molar-refractivity contribution in [1.29, 1.82) is 0 Å². The molecule has 1 heterocycles. The maximum Gasteiger partial charge on any atom is 0.410 e. The van der Waals surface area contributed by atoms with E-state index in [0.717, 1.165) is 50.6 Å². The molecule has 29 heavy (non-hydrogen) atoms. The molecule has 0 bridgehead atoms. The van der Waals surface area contributed by atoms with E-state index in [2.05, 4.69) is 46.5 Å². The summed E-state index contributed by atoms with van der Waals surface area (Å²) in [7, 11) is 0. The van der Waals surface area contributed by atoms with Crippen LogP contribution in [0.3, 0.4) is 0 Å². The highest BCUT2D eigenvalue weighted by Crippen LogP contribution is 2.43. The van der Waals surface area contributed by atoms with Crippen molar-refractivity contribution >= 4 is 45.9 Å². The number of amides is 1. The summed E-state index contributed by atoms with van der Waals surface area (Å²) in [6, 6.07) is 8.27. The smallest absolute Gasteiger partial charge is 0.410 e. The number of carbonyl (C=O) groups excluding carboxylic acids is 1. The number of carbonyl (C=O) groups is 1. The highest BCUT2D eigenvalue weighted by atomic mass is 127. The summed E-state index contributed by atoms with van der Waals surface area (Å²) < 4.78 is 5.81. The maximum atomic E-state index is 12.3. The van der Waals surface area contributed by atoms with Gasteiger partial charge in [-0.25, -0.2) is 4.79 Å². The van der Waals surface area contributed by atoms with Crippen LogP contribution in [0.1, 0.15) is 52.5 Å². The Hall–Kier alpha value is -0.790. The van der Waals surface area contributed by atoms with Crippen LogP contribution in [-0.2, 0) is 4.74 Å². The summed E-state index contributed by atoms with van der Waals surface area (Å²) in [6.45, 7) is 12.3. The van der Waals surface area contributed by atoms with E-state index in [-0.39, 0.29) is 6.09 Å². The molecule has 1 amide bonds. The van der Waals surface area contributed by atoms with Crippen LogP contribution >= 0.6 is 34.2 Å². The number of halogens is 2. The van der Waals surface area contributed by atoms with Crippen LogP contribution in [0.5, 0.6) is 0 Å². The number of nitrogens with zero attached hydrogens (tertiary/aromatic N) is 2. The standard InChI is InChI=1S/C23H32ClIN2O2/c1-22(2,3)29-21(28)27-13-11-26(12-14-27)16-18-9-10-23(4,25)15-20(18)17-5-7-19(24)8-6-17/h5-8H,9-16H2,1-4H3. The first-order valence-electron chi connectivity index (χ1n) is 10.4. The fourth-order valence-corrected chi connectivity index (χ4v) is 4.74.